The van der Waals surface area contributed by atoms with E-state index in [1.807, 2.05) is 0 Å². The second kappa shape index (κ2) is 4.29. The van der Waals surface area contributed by atoms with Crippen LogP contribution in [0.2, 0.25) is 0 Å². The lowest BCUT2D eigenvalue weighted by Gasteiger charge is -2.13. The summed E-state index contributed by atoms with van der Waals surface area (Å²) >= 11 is 0. The Hall–Kier alpha value is -2.11. The Kier molecular flexibility index (Phi) is 2.94. The van der Waals surface area contributed by atoms with Crippen LogP contribution in [0.4, 0.5) is 19.0 Å². The van der Waals surface area contributed by atoms with Crippen LogP contribution in [0.15, 0.2) is 30.6 Å². The Labute approximate surface area is 101 Å². The Morgan fingerprint density at radius 3 is 2.44 bits per heavy atom. The van der Waals surface area contributed by atoms with Crippen LogP contribution >= 0.6 is 0 Å². The number of nitrogen functional groups attached to an aromatic ring is 1. The second-order valence-electron chi connectivity index (χ2n) is 3.78. The van der Waals surface area contributed by atoms with Gasteiger partial charge in [0, 0.05) is 11.1 Å². The highest BCUT2D eigenvalue weighted by molar-refractivity contribution is 5.70. The molecule has 2 rings (SSSR count). The molecule has 0 atom stereocenters. The lowest BCUT2D eigenvalue weighted by atomic mass is 10.0. The van der Waals surface area contributed by atoms with Crippen molar-refractivity contribution in [2.45, 2.75) is 13.1 Å². The molecule has 6 heteroatoms. The van der Waals surface area contributed by atoms with Crippen LogP contribution in [-0.2, 0) is 6.18 Å². The first kappa shape index (κ1) is 12.3. The van der Waals surface area contributed by atoms with E-state index >= 15 is 0 Å². The van der Waals surface area contributed by atoms with Crippen molar-refractivity contribution in [1.82, 2.24) is 9.97 Å². The third kappa shape index (κ3) is 2.13. The summed E-state index contributed by atoms with van der Waals surface area (Å²) in [7, 11) is 0. The van der Waals surface area contributed by atoms with Crippen LogP contribution in [0.5, 0.6) is 0 Å². The van der Waals surface area contributed by atoms with Crippen molar-refractivity contribution in [3.05, 3.63) is 41.7 Å². The number of halogens is 3. The number of benzene rings is 1. The standard InChI is InChI=1S/C12H10F3N3/c1-7-10(17-6-18-11(7)16)8-4-2-3-5-9(8)12(13,14)15/h2-6H,1H3,(H2,16,17,18). The van der Waals surface area contributed by atoms with Crippen molar-refractivity contribution in [1.29, 1.82) is 0 Å². The van der Waals surface area contributed by atoms with Gasteiger partial charge in [0.1, 0.15) is 12.1 Å². The fraction of sp³-hybridized carbons (Fsp3) is 0.167. The molecule has 18 heavy (non-hydrogen) atoms. The van der Waals surface area contributed by atoms with Gasteiger partial charge in [-0.1, -0.05) is 18.2 Å². The van der Waals surface area contributed by atoms with E-state index in [1.165, 1.54) is 18.2 Å². The number of rotatable bonds is 1. The Bertz CT molecular complexity index is 579. The zero-order valence-corrected chi connectivity index (χ0v) is 9.49. The molecule has 0 saturated heterocycles. The maximum Gasteiger partial charge on any atom is 0.417 e. The number of anilines is 1. The number of hydrogen-bond acceptors (Lipinski definition) is 3. The molecule has 0 saturated carbocycles. The van der Waals surface area contributed by atoms with E-state index in [1.54, 1.807) is 6.92 Å². The molecule has 2 aromatic rings. The largest absolute Gasteiger partial charge is 0.417 e. The normalized spacial score (nSPS) is 11.6. The lowest BCUT2D eigenvalue weighted by molar-refractivity contribution is -0.137. The molecule has 0 unspecified atom stereocenters. The first-order chi connectivity index (χ1) is 8.41. The molecule has 0 bridgehead atoms. The molecular weight excluding hydrogens is 243 g/mol. The van der Waals surface area contributed by atoms with Crippen molar-refractivity contribution >= 4 is 5.82 Å². The van der Waals surface area contributed by atoms with Gasteiger partial charge in [0.15, 0.2) is 0 Å². The van der Waals surface area contributed by atoms with E-state index in [2.05, 4.69) is 9.97 Å². The minimum atomic E-state index is -4.43. The van der Waals surface area contributed by atoms with Crippen LogP contribution in [0.1, 0.15) is 11.1 Å². The molecule has 0 amide bonds. The zero-order valence-electron chi connectivity index (χ0n) is 9.49. The quantitative estimate of drug-likeness (QED) is 0.849. The Morgan fingerprint density at radius 1 is 1.11 bits per heavy atom. The fourth-order valence-corrected chi connectivity index (χ4v) is 1.67. The summed E-state index contributed by atoms with van der Waals surface area (Å²) in [6.45, 7) is 1.60. The topological polar surface area (TPSA) is 51.8 Å². The van der Waals surface area contributed by atoms with Crippen molar-refractivity contribution in [2.24, 2.45) is 0 Å². The summed E-state index contributed by atoms with van der Waals surface area (Å²) in [6, 6.07) is 5.26. The second-order valence-corrected chi connectivity index (χ2v) is 3.78. The van der Waals surface area contributed by atoms with E-state index in [0.29, 0.717) is 5.56 Å². The molecule has 0 aliphatic carbocycles. The number of alkyl halides is 3. The maximum absolute atomic E-state index is 12.9. The van der Waals surface area contributed by atoms with Crippen LogP contribution in [-0.4, -0.2) is 9.97 Å². The van der Waals surface area contributed by atoms with E-state index in [0.717, 1.165) is 12.4 Å². The van der Waals surface area contributed by atoms with Crippen LogP contribution in [0, 0.1) is 6.92 Å². The highest BCUT2D eigenvalue weighted by Gasteiger charge is 2.34. The Balaban J connectivity index is 2.69. The van der Waals surface area contributed by atoms with E-state index < -0.39 is 11.7 Å². The van der Waals surface area contributed by atoms with Crippen molar-refractivity contribution in [2.75, 3.05) is 5.73 Å². The van der Waals surface area contributed by atoms with Gasteiger partial charge < -0.3 is 5.73 Å². The van der Waals surface area contributed by atoms with Gasteiger partial charge in [0.25, 0.3) is 0 Å². The van der Waals surface area contributed by atoms with Gasteiger partial charge in [-0.2, -0.15) is 13.2 Å². The summed E-state index contributed by atoms with van der Waals surface area (Å²) in [5.41, 5.74) is 5.51. The fourth-order valence-electron chi connectivity index (χ4n) is 1.67. The van der Waals surface area contributed by atoms with Gasteiger partial charge in [-0.05, 0) is 13.0 Å². The van der Waals surface area contributed by atoms with Crippen LogP contribution in [0.3, 0.4) is 0 Å². The van der Waals surface area contributed by atoms with Crippen molar-refractivity contribution < 1.29 is 13.2 Å². The van der Waals surface area contributed by atoms with Gasteiger partial charge in [0.2, 0.25) is 0 Å². The summed E-state index contributed by atoms with van der Waals surface area (Å²) in [5, 5.41) is 0. The average Bonchev–Trinajstić information content (AvgIpc) is 2.32. The number of hydrogen-bond donors (Lipinski definition) is 1. The lowest BCUT2D eigenvalue weighted by Crippen LogP contribution is -2.08. The number of nitrogens with two attached hydrogens (primary N) is 1. The van der Waals surface area contributed by atoms with E-state index in [4.69, 9.17) is 5.73 Å². The third-order valence-corrected chi connectivity index (χ3v) is 2.61. The number of nitrogens with zero attached hydrogens (tertiary/aromatic N) is 2. The third-order valence-electron chi connectivity index (χ3n) is 2.61. The first-order valence-electron chi connectivity index (χ1n) is 5.15. The van der Waals surface area contributed by atoms with Gasteiger partial charge in [0.05, 0.1) is 11.3 Å². The molecule has 0 aliphatic heterocycles. The molecule has 1 aromatic heterocycles. The SMILES string of the molecule is Cc1c(N)ncnc1-c1ccccc1C(F)(F)F. The molecule has 3 nitrogen and oxygen atoms in total. The van der Waals surface area contributed by atoms with Gasteiger partial charge in [-0.3, -0.25) is 0 Å². The first-order valence-corrected chi connectivity index (χ1v) is 5.15. The predicted octanol–water partition coefficient (Wildman–Crippen LogP) is 3.05. The summed E-state index contributed by atoms with van der Waals surface area (Å²) < 4.78 is 38.7. The van der Waals surface area contributed by atoms with E-state index in [9.17, 15) is 13.2 Å². The van der Waals surface area contributed by atoms with Crippen LogP contribution < -0.4 is 5.73 Å². The van der Waals surface area contributed by atoms with Crippen molar-refractivity contribution in [3.8, 4) is 11.3 Å². The molecule has 0 radical (unpaired) electrons. The molecule has 0 aliphatic rings. The Morgan fingerprint density at radius 2 is 1.78 bits per heavy atom. The smallest absolute Gasteiger partial charge is 0.383 e. The van der Waals surface area contributed by atoms with E-state index in [-0.39, 0.29) is 17.1 Å². The number of aromatic nitrogens is 2. The molecule has 0 spiro atoms. The molecule has 0 fully saturated rings. The highest BCUT2D eigenvalue weighted by Crippen LogP contribution is 2.37. The van der Waals surface area contributed by atoms with Crippen LogP contribution in [0.25, 0.3) is 11.3 Å². The molecular formula is C12H10F3N3. The monoisotopic (exact) mass is 253 g/mol. The van der Waals surface area contributed by atoms with Gasteiger partial charge >= 0.3 is 6.18 Å². The van der Waals surface area contributed by atoms with Gasteiger partial charge in [-0.25, -0.2) is 9.97 Å². The summed E-state index contributed by atoms with van der Waals surface area (Å²) in [4.78, 5) is 7.63. The highest BCUT2D eigenvalue weighted by atomic mass is 19.4. The minimum absolute atomic E-state index is 0.0107. The van der Waals surface area contributed by atoms with Crippen molar-refractivity contribution in [3.63, 3.8) is 0 Å². The maximum atomic E-state index is 12.9. The predicted molar refractivity (Wildman–Crippen MR) is 61.6 cm³/mol. The molecule has 94 valence electrons. The average molecular weight is 253 g/mol. The molecule has 1 heterocycles. The minimum Gasteiger partial charge on any atom is -0.383 e. The molecule has 2 N–H and O–H groups in total. The summed E-state index contributed by atoms with van der Waals surface area (Å²) in [5.74, 6) is 0.178. The van der Waals surface area contributed by atoms with Gasteiger partial charge in [-0.15, -0.1) is 0 Å². The zero-order chi connectivity index (χ0) is 13.3. The molecule has 1 aromatic carbocycles. The summed E-state index contributed by atoms with van der Waals surface area (Å²) in [6.07, 6.45) is -3.27.